The van der Waals surface area contributed by atoms with Crippen molar-refractivity contribution >= 4 is 16.8 Å². The summed E-state index contributed by atoms with van der Waals surface area (Å²) < 4.78 is 9.47. The zero-order chi connectivity index (χ0) is 20.7. The smallest absolute Gasteiger partial charge is 0.217 e. The molecule has 4 rings (SSSR count). The molecule has 0 radical (unpaired) electrons. The van der Waals surface area contributed by atoms with Crippen LogP contribution in [0.3, 0.4) is 0 Å². The minimum atomic E-state index is 0.0113. The lowest BCUT2D eigenvalue weighted by Crippen LogP contribution is -2.38. The van der Waals surface area contributed by atoms with Gasteiger partial charge in [-0.1, -0.05) is 0 Å². The molecule has 0 aliphatic carbocycles. The summed E-state index contributed by atoms with van der Waals surface area (Å²) in [6.45, 7) is 6.18. The number of carbonyl (C=O) groups excluding carboxylic acids is 1. The van der Waals surface area contributed by atoms with Gasteiger partial charge in [0.25, 0.3) is 0 Å². The minimum Gasteiger partial charge on any atom is -0.497 e. The quantitative estimate of drug-likeness (QED) is 0.720. The maximum Gasteiger partial charge on any atom is 0.217 e. The van der Waals surface area contributed by atoms with Crippen molar-refractivity contribution in [2.75, 3.05) is 20.2 Å². The van der Waals surface area contributed by atoms with Gasteiger partial charge in [-0.3, -0.25) is 14.4 Å². The van der Waals surface area contributed by atoms with Crippen molar-refractivity contribution in [1.29, 1.82) is 0 Å². The molecular weight excluding hydrogens is 366 g/mol. The van der Waals surface area contributed by atoms with Gasteiger partial charge in [-0.05, 0) is 30.7 Å². The third-order valence-electron chi connectivity index (χ3n) is 5.92. The Bertz CT molecular complexity index is 1050. The highest BCUT2D eigenvalue weighted by Gasteiger charge is 2.36. The van der Waals surface area contributed by atoms with Crippen LogP contribution in [0, 0.1) is 6.92 Å². The lowest BCUT2D eigenvalue weighted by atomic mass is 9.93. The maximum atomic E-state index is 11.9. The molecule has 0 unspecified atom stereocenters. The van der Waals surface area contributed by atoms with Gasteiger partial charge in [0.1, 0.15) is 5.75 Å². The van der Waals surface area contributed by atoms with Crippen LogP contribution in [0.1, 0.15) is 29.7 Å². The van der Waals surface area contributed by atoms with Gasteiger partial charge in [-0.15, -0.1) is 0 Å². The predicted octanol–water partition coefficient (Wildman–Crippen LogP) is 2.33. The van der Waals surface area contributed by atoms with Crippen molar-refractivity contribution in [3.8, 4) is 5.75 Å². The third kappa shape index (κ3) is 3.74. The van der Waals surface area contributed by atoms with Crippen molar-refractivity contribution in [2.45, 2.75) is 32.4 Å². The van der Waals surface area contributed by atoms with E-state index in [9.17, 15) is 4.79 Å². The molecule has 2 atom stereocenters. The van der Waals surface area contributed by atoms with Crippen LogP contribution in [0.25, 0.3) is 10.9 Å². The van der Waals surface area contributed by atoms with E-state index in [4.69, 9.17) is 4.74 Å². The number of nitrogens with one attached hydrogen (secondary N) is 1. The zero-order valence-electron chi connectivity index (χ0n) is 17.8. The predicted molar refractivity (Wildman–Crippen MR) is 113 cm³/mol. The number of aromatic nitrogens is 3. The fourth-order valence-corrected chi connectivity index (χ4v) is 4.61. The highest BCUT2D eigenvalue weighted by atomic mass is 16.5. The van der Waals surface area contributed by atoms with E-state index in [-0.39, 0.29) is 17.9 Å². The Balaban J connectivity index is 1.68. The number of carbonyl (C=O) groups is 1. The van der Waals surface area contributed by atoms with Crippen LogP contribution >= 0.6 is 0 Å². The van der Waals surface area contributed by atoms with E-state index in [1.807, 2.05) is 24.7 Å². The number of ether oxygens (including phenoxy) is 1. The molecule has 3 aromatic rings. The van der Waals surface area contributed by atoms with Gasteiger partial charge >= 0.3 is 0 Å². The summed E-state index contributed by atoms with van der Waals surface area (Å²) >= 11 is 0. The Morgan fingerprint density at radius 2 is 2.07 bits per heavy atom. The lowest BCUT2D eigenvalue weighted by molar-refractivity contribution is -0.119. The highest BCUT2D eigenvalue weighted by Crippen LogP contribution is 2.36. The first-order chi connectivity index (χ1) is 13.9. The van der Waals surface area contributed by atoms with Crippen LogP contribution in [0.4, 0.5) is 0 Å². The van der Waals surface area contributed by atoms with Crippen molar-refractivity contribution in [1.82, 2.24) is 24.6 Å². The first kappa shape index (κ1) is 19.5. The second kappa shape index (κ2) is 7.55. The monoisotopic (exact) mass is 395 g/mol. The molecule has 0 spiro atoms. The summed E-state index contributed by atoms with van der Waals surface area (Å²) in [4.78, 5) is 14.3. The van der Waals surface area contributed by atoms with Crippen LogP contribution in [0.15, 0.2) is 30.6 Å². The minimum absolute atomic E-state index is 0.0113. The third-order valence-corrected chi connectivity index (χ3v) is 5.92. The van der Waals surface area contributed by atoms with Crippen LogP contribution < -0.4 is 10.1 Å². The van der Waals surface area contributed by atoms with Crippen molar-refractivity contribution in [3.63, 3.8) is 0 Å². The van der Waals surface area contributed by atoms with Gasteiger partial charge in [0.15, 0.2) is 0 Å². The number of aryl methyl sites for hydroxylation is 3. The zero-order valence-corrected chi connectivity index (χ0v) is 17.8. The maximum absolute atomic E-state index is 11.9. The Hall–Kier alpha value is -2.80. The summed E-state index contributed by atoms with van der Waals surface area (Å²) in [7, 11) is 5.71. The van der Waals surface area contributed by atoms with Crippen molar-refractivity contribution < 1.29 is 9.53 Å². The van der Waals surface area contributed by atoms with E-state index in [2.05, 4.69) is 51.5 Å². The molecule has 1 fully saturated rings. The molecule has 1 amide bonds. The second-order valence-electron chi connectivity index (χ2n) is 8.10. The standard InChI is InChI=1S/C22H29N5O2/c1-14-16(9-26(4)24-14)10-27-12-20(21(13-27)23-15(2)28)19-11-25(3)22-7-6-17(29-5)8-18(19)22/h6-9,11,20-21H,10,12-13H2,1-5H3,(H,23,28)/t20-,21+/m1/s1. The molecule has 7 heteroatoms. The molecule has 1 saturated heterocycles. The lowest BCUT2D eigenvalue weighted by Gasteiger charge is -2.19. The molecule has 154 valence electrons. The summed E-state index contributed by atoms with van der Waals surface area (Å²) in [6, 6.07) is 6.25. The van der Waals surface area contributed by atoms with E-state index in [1.165, 1.54) is 22.0 Å². The van der Waals surface area contributed by atoms with Gasteiger partial charge in [-0.25, -0.2) is 0 Å². The fraction of sp³-hybridized carbons (Fsp3) is 0.455. The van der Waals surface area contributed by atoms with Gasteiger partial charge in [0, 0.05) is 81.5 Å². The van der Waals surface area contributed by atoms with E-state index in [1.54, 1.807) is 14.0 Å². The molecule has 3 heterocycles. The number of fused-ring (bicyclic) bond motifs is 1. The van der Waals surface area contributed by atoms with Gasteiger partial charge < -0.3 is 14.6 Å². The van der Waals surface area contributed by atoms with E-state index in [0.717, 1.165) is 31.1 Å². The largest absolute Gasteiger partial charge is 0.497 e. The molecular formula is C22H29N5O2. The van der Waals surface area contributed by atoms with Gasteiger partial charge in [-0.2, -0.15) is 5.10 Å². The molecule has 1 aliphatic rings. The number of hydrogen-bond acceptors (Lipinski definition) is 4. The summed E-state index contributed by atoms with van der Waals surface area (Å²) in [6.07, 6.45) is 4.28. The number of hydrogen-bond donors (Lipinski definition) is 1. The molecule has 1 aromatic carbocycles. The average Bonchev–Trinajstić information content (AvgIpc) is 3.30. The number of nitrogens with zero attached hydrogens (tertiary/aromatic N) is 4. The number of benzene rings is 1. The van der Waals surface area contributed by atoms with E-state index >= 15 is 0 Å². The van der Waals surface area contributed by atoms with Crippen LogP contribution in [-0.2, 0) is 25.4 Å². The molecule has 1 aliphatic heterocycles. The number of rotatable bonds is 5. The first-order valence-electron chi connectivity index (χ1n) is 9.97. The number of methoxy groups -OCH3 is 1. The fourth-order valence-electron chi connectivity index (χ4n) is 4.61. The summed E-state index contributed by atoms with van der Waals surface area (Å²) in [5, 5.41) is 8.84. The van der Waals surface area contributed by atoms with Crippen molar-refractivity contribution in [2.24, 2.45) is 14.1 Å². The average molecular weight is 396 g/mol. The van der Waals surface area contributed by atoms with Crippen LogP contribution in [0.2, 0.25) is 0 Å². The van der Waals surface area contributed by atoms with E-state index in [0.29, 0.717) is 0 Å². The van der Waals surface area contributed by atoms with Crippen molar-refractivity contribution in [3.05, 3.63) is 47.4 Å². The number of amides is 1. The molecule has 0 bridgehead atoms. The van der Waals surface area contributed by atoms with Gasteiger partial charge in [0.05, 0.1) is 12.8 Å². The summed E-state index contributed by atoms with van der Waals surface area (Å²) in [5.74, 6) is 1.07. The van der Waals surface area contributed by atoms with Crippen LogP contribution in [-0.4, -0.2) is 51.4 Å². The molecule has 7 nitrogen and oxygen atoms in total. The topological polar surface area (TPSA) is 64.3 Å². The Morgan fingerprint density at radius 1 is 1.28 bits per heavy atom. The molecule has 2 aromatic heterocycles. The SMILES string of the molecule is COc1ccc2c(c1)c([C@H]1CN(Cc3cn(C)nc3C)C[C@@H]1NC(C)=O)cn2C. The second-order valence-corrected chi connectivity index (χ2v) is 8.10. The van der Waals surface area contributed by atoms with E-state index < -0.39 is 0 Å². The molecule has 0 saturated carbocycles. The normalized spacial score (nSPS) is 19.8. The first-order valence-corrected chi connectivity index (χ1v) is 9.97. The Kier molecular flexibility index (Phi) is 5.08. The summed E-state index contributed by atoms with van der Waals surface area (Å²) in [5.41, 5.74) is 4.71. The van der Waals surface area contributed by atoms with Gasteiger partial charge in [0.2, 0.25) is 5.91 Å². The van der Waals surface area contributed by atoms with Crippen LogP contribution in [0.5, 0.6) is 5.75 Å². The molecule has 1 N–H and O–H groups in total. The Labute approximate surface area is 171 Å². The number of likely N-dealkylation sites (tertiary alicyclic amines) is 1. The highest BCUT2D eigenvalue weighted by molar-refractivity contribution is 5.86. The Morgan fingerprint density at radius 3 is 2.72 bits per heavy atom. The molecule has 29 heavy (non-hydrogen) atoms.